The van der Waals surface area contributed by atoms with Crippen LogP contribution in [-0.2, 0) is 6.42 Å². The highest BCUT2D eigenvalue weighted by Gasteiger charge is 2.30. The molecule has 4 heterocycles. The number of fused-ring (bicyclic) bond motifs is 1. The molecule has 2 nitrogen and oxygen atoms in total. The molecule has 0 spiro atoms. The maximum Gasteiger partial charge on any atom is 0.0902 e. The predicted molar refractivity (Wildman–Crippen MR) is 168 cm³/mol. The Morgan fingerprint density at radius 1 is 0.829 bits per heavy atom. The lowest BCUT2D eigenvalue weighted by Crippen LogP contribution is -2.00. The number of rotatable bonds is 14. The molecule has 3 aromatic rings. The number of unbranched alkanes of at least 4 members (excludes halogenated alkanes) is 2. The first-order valence-electron chi connectivity index (χ1n) is 13.3. The third-order valence-electron chi connectivity index (χ3n) is 7.29. The Bertz CT molecular complexity index is 1080. The van der Waals surface area contributed by atoms with Crippen molar-refractivity contribution in [3.05, 3.63) is 32.4 Å². The number of aryl methyl sites for hydroxylation is 1. The maximum absolute atomic E-state index is 3.83. The fraction of sp³-hybridized carbons (Fsp3) is 0.571. The van der Waals surface area contributed by atoms with Gasteiger partial charge in [0.2, 0.25) is 0 Å². The van der Waals surface area contributed by atoms with Gasteiger partial charge in [-0.2, -0.15) is 0 Å². The zero-order valence-electron chi connectivity index (χ0n) is 21.5. The van der Waals surface area contributed by atoms with E-state index in [1.165, 1.54) is 110 Å². The Balaban J connectivity index is 1.67. The van der Waals surface area contributed by atoms with Crippen molar-refractivity contribution >= 4 is 73.4 Å². The largest absolute Gasteiger partial charge is 0.309 e. The van der Waals surface area contributed by atoms with Crippen LogP contribution in [0, 0.1) is 5.92 Å². The SMILES string of the molecule is CCCCCC(CC)c1cc(Br)sc1-c1sc(-c2sccc2CCC(CC)CCC)c2c1NSN2. The van der Waals surface area contributed by atoms with Gasteiger partial charge in [0.15, 0.2) is 0 Å². The zero-order chi connectivity index (χ0) is 24.8. The van der Waals surface area contributed by atoms with Crippen molar-refractivity contribution in [2.45, 2.75) is 97.8 Å². The van der Waals surface area contributed by atoms with Gasteiger partial charge in [-0.25, -0.2) is 0 Å². The van der Waals surface area contributed by atoms with Gasteiger partial charge in [0.25, 0.3) is 0 Å². The van der Waals surface area contributed by atoms with Gasteiger partial charge < -0.3 is 9.44 Å². The summed E-state index contributed by atoms with van der Waals surface area (Å²) in [6.07, 6.45) is 12.8. The van der Waals surface area contributed by atoms with Gasteiger partial charge in [-0.15, -0.1) is 34.0 Å². The molecule has 0 bridgehead atoms. The number of halogens is 1. The fourth-order valence-electron chi connectivity index (χ4n) is 5.20. The Hall–Kier alpha value is -0.470. The summed E-state index contributed by atoms with van der Waals surface area (Å²) < 4.78 is 8.45. The molecular formula is C28H39BrN2S4. The molecule has 192 valence electrons. The van der Waals surface area contributed by atoms with E-state index in [2.05, 4.69) is 70.6 Å². The molecule has 0 amide bonds. The van der Waals surface area contributed by atoms with Crippen LogP contribution in [0.4, 0.5) is 11.4 Å². The normalized spacial score (nSPS) is 14.5. The summed E-state index contributed by atoms with van der Waals surface area (Å²) in [6, 6.07) is 4.77. The zero-order valence-corrected chi connectivity index (χ0v) is 26.3. The van der Waals surface area contributed by atoms with Gasteiger partial charge >= 0.3 is 0 Å². The van der Waals surface area contributed by atoms with Crippen LogP contribution >= 0.6 is 62.1 Å². The van der Waals surface area contributed by atoms with Crippen LogP contribution < -0.4 is 9.44 Å². The van der Waals surface area contributed by atoms with E-state index in [9.17, 15) is 0 Å². The molecule has 2 N–H and O–H groups in total. The molecule has 1 aliphatic rings. The predicted octanol–water partition coefficient (Wildman–Crippen LogP) is 12.2. The Morgan fingerprint density at radius 3 is 2.29 bits per heavy atom. The number of thiophene rings is 3. The molecule has 0 aromatic carbocycles. The molecule has 2 atom stereocenters. The van der Waals surface area contributed by atoms with Crippen molar-refractivity contribution in [3.8, 4) is 19.5 Å². The van der Waals surface area contributed by atoms with Gasteiger partial charge in [0.05, 0.1) is 41.9 Å². The summed E-state index contributed by atoms with van der Waals surface area (Å²) in [6.45, 7) is 9.32. The van der Waals surface area contributed by atoms with Gasteiger partial charge in [0, 0.05) is 4.88 Å². The standard InChI is InChI=1S/C28H39BrN2S4/c1-5-9-10-12-19(8-4)21-17-22(29)33-26(21)28-24-23(30-35-31-24)27(34-28)25-20(15-16-32-25)14-13-18(7-3)11-6-2/h15-19,30-31H,5-14H2,1-4H3. The summed E-state index contributed by atoms with van der Waals surface area (Å²) in [5.41, 5.74) is 5.63. The Kier molecular flexibility index (Phi) is 10.5. The summed E-state index contributed by atoms with van der Waals surface area (Å²) in [5, 5.41) is 2.29. The van der Waals surface area contributed by atoms with Crippen molar-refractivity contribution < 1.29 is 0 Å². The lowest BCUT2D eigenvalue weighted by molar-refractivity contribution is 0.433. The molecule has 0 saturated heterocycles. The van der Waals surface area contributed by atoms with E-state index < -0.39 is 0 Å². The molecule has 3 aromatic heterocycles. The van der Waals surface area contributed by atoms with E-state index in [0.717, 1.165) is 5.92 Å². The molecule has 0 aliphatic carbocycles. The number of hydrogen-bond acceptors (Lipinski definition) is 6. The smallest absolute Gasteiger partial charge is 0.0902 e. The number of hydrogen-bond donors (Lipinski definition) is 2. The second-order valence-corrected chi connectivity index (χ2v) is 14.6. The minimum atomic E-state index is 0.629. The first kappa shape index (κ1) is 27.6. The summed E-state index contributed by atoms with van der Waals surface area (Å²) in [5.74, 6) is 1.47. The summed E-state index contributed by atoms with van der Waals surface area (Å²) in [7, 11) is 0. The van der Waals surface area contributed by atoms with Crippen LogP contribution in [0.5, 0.6) is 0 Å². The van der Waals surface area contributed by atoms with Crippen LogP contribution in [-0.4, -0.2) is 0 Å². The first-order valence-corrected chi connectivity index (χ1v) is 17.4. The Morgan fingerprint density at radius 2 is 1.60 bits per heavy atom. The monoisotopic (exact) mass is 610 g/mol. The van der Waals surface area contributed by atoms with Crippen molar-refractivity contribution in [2.24, 2.45) is 5.92 Å². The van der Waals surface area contributed by atoms with Crippen molar-refractivity contribution in [1.29, 1.82) is 0 Å². The highest BCUT2D eigenvalue weighted by atomic mass is 79.9. The molecule has 0 radical (unpaired) electrons. The minimum absolute atomic E-state index is 0.629. The summed E-state index contributed by atoms with van der Waals surface area (Å²) in [4.78, 5) is 5.74. The highest BCUT2D eigenvalue weighted by molar-refractivity contribution is 9.11. The fourth-order valence-corrected chi connectivity index (χ4v) is 10.2. The van der Waals surface area contributed by atoms with Crippen LogP contribution in [0.25, 0.3) is 19.5 Å². The molecule has 0 fully saturated rings. The lowest BCUT2D eigenvalue weighted by atomic mass is 9.91. The molecule has 2 unspecified atom stereocenters. The first-order chi connectivity index (χ1) is 17.1. The van der Waals surface area contributed by atoms with E-state index in [4.69, 9.17) is 0 Å². The average Bonchev–Trinajstić information content (AvgIpc) is 3.64. The minimum Gasteiger partial charge on any atom is -0.309 e. The Labute approximate surface area is 237 Å². The van der Waals surface area contributed by atoms with Gasteiger partial charge in [-0.1, -0.05) is 66.2 Å². The van der Waals surface area contributed by atoms with Gasteiger partial charge in [-0.05, 0) is 82.1 Å². The summed E-state index contributed by atoms with van der Waals surface area (Å²) >= 11 is 11.2. The van der Waals surface area contributed by atoms with Crippen LogP contribution in [0.1, 0.15) is 103 Å². The molecule has 4 rings (SSSR count). The van der Waals surface area contributed by atoms with E-state index in [-0.39, 0.29) is 0 Å². The van der Waals surface area contributed by atoms with E-state index >= 15 is 0 Å². The van der Waals surface area contributed by atoms with Crippen LogP contribution in [0.3, 0.4) is 0 Å². The van der Waals surface area contributed by atoms with Crippen LogP contribution in [0.2, 0.25) is 0 Å². The van der Waals surface area contributed by atoms with Crippen molar-refractivity contribution in [2.75, 3.05) is 9.44 Å². The van der Waals surface area contributed by atoms with Crippen molar-refractivity contribution in [3.63, 3.8) is 0 Å². The second kappa shape index (κ2) is 13.4. The maximum atomic E-state index is 3.83. The van der Waals surface area contributed by atoms with Crippen LogP contribution in [0.15, 0.2) is 21.3 Å². The topological polar surface area (TPSA) is 24.1 Å². The molecule has 7 heteroatoms. The van der Waals surface area contributed by atoms with E-state index in [1.54, 1.807) is 12.1 Å². The number of anilines is 2. The second-order valence-electron chi connectivity index (χ2n) is 9.63. The van der Waals surface area contributed by atoms with Gasteiger partial charge in [0.1, 0.15) is 0 Å². The van der Waals surface area contributed by atoms with Crippen molar-refractivity contribution in [1.82, 2.24) is 0 Å². The van der Waals surface area contributed by atoms with Gasteiger partial charge in [-0.3, -0.25) is 0 Å². The highest BCUT2D eigenvalue weighted by Crippen LogP contribution is 2.58. The number of nitrogens with one attached hydrogen (secondary N) is 2. The third kappa shape index (κ3) is 6.34. The molecule has 1 aliphatic heterocycles. The molecular weight excluding hydrogens is 572 g/mol. The molecule has 35 heavy (non-hydrogen) atoms. The van der Waals surface area contributed by atoms with E-state index in [1.807, 2.05) is 34.0 Å². The quantitative estimate of drug-likeness (QED) is 0.140. The van der Waals surface area contributed by atoms with E-state index in [0.29, 0.717) is 5.92 Å². The third-order valence-corrected chi connectivity index (χ3v) is 12.0. The lowest BCUT2D eigenvalue weighted by Gasteiger charge is -2.16. The average molecular weight is 612 g/mol. The molecule has 0 saturated carbocycles.